The molecular formula is C15H19NO2. The topological polar surface area (TPSA) is 38.3 Å². The van der Waals surface area contributed by atoms with E-state index in [0.717, 1.165) is 30.6 Å². The number of hydrogen-bond donors (Lipinski definition) is 1. The number of hydrogen-bond acceptors (Lipinski definition) is 3. The maximum absolute atomic E-state index is 11.5. The fraction of sp³-hybridized carbons (Fsp3) is 0.400. The third kappa shape index (κ3) is 2.79. The second-order valence-electron chi connectivity index (χ2n) is 4.45. The Kier molecular flexibility index (Phi) is 4.15. The van der Waals surface area contributed by atoms with Crippen molar-refractivity contribution in [3.63, 3.8) is 0 Å². The molecule has 0 aromatic heterocycles. The Morgan fingerprint density at radius 3 is 3.11 bits per heavy atom. The quantitative estimate of drug-likeness (QED) is 0.656. The molecular weight excluding hydrogens is 226 g/mol. The maximum Gasteiger partial charge on any atom is 0.331 e. The van der Waals surface area contributed by atoms with Crippen LogP contribution in [0.3, 0.4) is 0 Å². The van der Waals surface area contributed by atoms with Crippen LogP contribution in [0.2, 0.25) is 0 Å². The molecule has 0 fully saturated rings. The Balaban J connectivity index is 2.30. The van der Waals surface area contributed by atoms with Gasteiger partial charge in [-0.2, -0.15) is 0 Å². The number of ether oxygens (including phenoxy) is 1. The molecule has 1 heterocycles. The number of carbonyl (C=O) groups excluding carboxylic acids is 1. The predicted molar refractivity (Wildman–Crippen MR) is 72.1 cm³/mol. The minimum Gasteiger partial charge on any atom is -0.463 e. The number of benzene rings is 1. The Morgan fingerprint density at radius 1 is 1.50 bits per heavy atom. The van der Waals surface area contributed by atoms with Gasteiger partial charge in [0, 0.05) is 12.6 Å². The van der Waals surface area contributed by atoms with Crippen LogP contribution in [0.25, 0.3) is 5.57 Å². The van der Waals surface area contributed by atoms with Gasteiger partial charge in [0.2, 0.25) is 0 Å². The summed E-state index contributed by atoms with van der Waals surface area (Å²) in [5.41, 5.74) is 4.80. The molecule has 1 aromatic carbocycles. The molecule has 0 atom stereocenters. The fourth-order valence-electron chi connectivity index (χ4n) is 2.32. The first-order valence-corrected chi connectivity index (χ1v) is 6.39. The van der Waals surface area contributed by atoms with Crippen LogP contribution in [0, 0.1) is 0 Å². The molecule has 18 heavy (non-hydrogen) atoms. The van der Waals surface area contributed by atoms with E-state index in [1.54, 1.807) is 6.08 Å². The highest BCUT2D eigenvalue weighted by Crippen LogP contribution is 2.24. The summed E-state index contributed by atoms with van der Waals surface area (Å²) in [4.78, 5) is 11.5. The van der Waals surface area contributed by atoms with Crippen LogP contribution in [0.5, 0.6) is 0 Å². The van der Waals surface area contributed by atoms with Crippen molar-refractivity contribution < 1.29 is 9.53 Å². The second kappa shape index (κ2) is 5.83. The van der Waals surface area contributed by atoms with Crippen LogP contribution in [-0.2, 0) is 22.5 Å². The van der Waals surface area contributed by atoms with E-state index in [9.17, 15) is 4.79 Å². The van der Waals surface area contributed by atoms with Gasteiger partial charge < -0.3 is 10.1 Å². The summed E-state index contributed by atoms with van der Waals surface area (Å²) in [5.74, 6) is -0.267. The third-order valence-electron chi connectivity index (χ3n) is 3.19. The highest BCUT2D eigenvalue weighted by molar-refractivity contribution is 5.91. The molecule has 96 valence electrons. The molecule has 0 unspecified atom stereocenters. The molecule has 1 aromatic rings. The zero-order valence-electron chi connectivity index (χ0n) is 11.0. The third-order valence-corrected chi connectivity index (χ3v) is 3.19. The molecule has 1 N–H and O–H groups in total. The summed E-state index contributed by atoms with van der Waals surface area (Å²) in [6.45, 7) is 6.09. The monoisotopic (exact) mass is 245 g/mol. The van der Waals surface area contributed by atoms with Gasteiger partial charge in [-0.3, -0.25) is 0 Å². The average Bonchev–Trinajstić information content (AvgIpc) is 2.38. The van der Waals surface area contributed by atoms with E-state index < -0.39 is 0 Å². The molecule has 3 heteroatoms. The van der Waals surface area contributed by atoms with Crippen LogP contribution in [0.1, 0.15) is 30.5 Å². The van der Waals surface area contributed by atoms with Gasteiger partial charge in [0.25, 0.3) is 0 Å². The van der Waals surface area contributed by atoms with Gasteiger partial charge in [-0.15, -0.1) is 0 Å². The van der Waals surface area contributed by atoms with E-state index >= 15 is 0 Å². The first-order chi connectivity index (χ1) is 8.72. The lowest BCUT2D eigenvalue weighted by Gasteiger charge is -2.20. The van der Waals surface area contributed by atoms with Crippen molar-refractivity contribution in [1.82, 2.24) is 5.32 Å². The summed E-state index contributed by atoms with van der Waals surface area (Å²) in [7, 11) is 0. The van der Waals surface area contributed by atoms with E-state index in [0.29, 0.717) is 6.61 Å². The first kappa shape index (κ1) is 12.8. The molecule has 2 rings (SSSR count). The van der Waals surface area contributed by atoms with Gasteiger partial charge in [0.05, 0.1) is 6.61 Å². The van der Waals surface area contributed by atoms with Crippen LogP contribution in [0.4, 0.5) is 0 Å². The smallest absolute Gasteiger partial charge is 0.331 e. The van der Waals surface area contributed by atoms with Crippen LogP contribution in [0.15, 0.2) is 24.3 Å². The van der Waals surface area contributed by atoms with E-state index in [2.05, 4.69) is 23.5 Å². The summed E-state index contributed by atoms with van der Waals surface area (Å²) in [6.07, 6.45) is 2.63. The molecule has 3 nitrogen and oxygen atoms in total. The Morgan fingerprint density at radius 2 is 2.33 bits per heavy atom. The van der Waals surface area contributed by atoms with Gasteiger partial charge in [0.1, 0.15) is 0 Å². The van der Waals surface area contributed by atoms with Crippen molar-refractivity contribution in [3.05, 3.63) is 41.0 Å². The van der Waals surface area contributed by atoms with Crippen LogP contribution < -0.4 is 5.32 Å². The zero-order valence-corrected chi connectivity index (χ0v) is 11.0. The van der Waals surface area contributed by atoms with Crippen molar-refractivity contribution >= 4 is 11.5 Å². The molecule has 0 radical (unpaired) electrons. The largest absolute Gasteiger partial charge is 0.463 e. The van der Waals surface area contributed by atoms with Crippen LogP contribution >= 0.6 is 0 Å². The molecule has 0 aliphatic carbocycles. The Labute approximate surface area is 108 Å². The average molecular weight is 245 g/mol. The molecule has 0 amide bonds. The summed E-state index contributed by atoms with van der Waals surface area (Å²) in [6, 6.07) is 6.29. The molecule has 0 saturated heterocycles. The van der Waals surface area contributed by atoms with Gasteiger partial charge in [-0.1, -0.05) is 18.2 Å². The highest BCUT2D eigenvalue weighted by Gasteiger charge is 2.13. The zero-order chi connectivity index (χ0) is 13.0. The van der Waals surface area contributed by atoms with E-state index in [1.165, 1.54) is 11.1 Å². The summed E-state index contributed by atoms with van der Waals surface area (Å²) >= 11 is 0. The minimum absolute atomic E-state index is 0.267. The predicted octanol–water partition coefficient (Wildman–Crippen LogP) is 2.30. The Bertz CT molecular complexity index is 477. The minimum atomic E-state index is -0.267. The van der Waals surface area contributed by atoms with Crippen molar-refractivity contribution in [3.8, 4) is 0 Å². The van der Waals surface area contributed by atoms with Gasteiger partial charge in [-0.05, 0) is 49.1 Å². The van der Waals surface area contributed by atoms with Crippen molar-refractivity contribution in [2.24, 2.45) is 0 Å². The SMILES string of the molecule is CCOC(=O)/C=C(/C)c1cccc2c1CNCC2. The van der Waals surface area contributed by atoms with Crippen molar-refractivity contribution in [1.29, 1.82) is 0 Å². The molecule has 0 saturated carbocycles. The maximum atomic E-state index is 11.5. The lowest BCUT2D eigenvalue weighted by Crippen LogP contribution is -2.24. The molecule has 1 aliphatic heterocycles. The first-order valence-electron chi connectivity index (χ1n) is 6.39. The van der Waals surface area contributed by atoms with Gasteiger partial charge in [-0.25, -0.2) is 4.79 Å². The lowest BCUT2D eigenvalue weighted by atomic mass is 9.92. The highest BCUT2D eigenvalue weighted by atomic mass is 16.5. The van der Waals surface area contributed by atoms with Crippen molar-refractivity contribution in [2.75, 3.05) is 13.2 Å². The van der Waals surface area contributed by atoms with Gasteiger partial charge in [0.15, 0.2) is 0 Å². The number of fused-ring (bicyclic) bond motifs is 1. The normalized spacial score (nSPS) is 15.1. The summed E-state index contributed by atoms with van der Waals surface area (Å²) in [5, 5.41) is 3.37. The molecule has 1 aliphatic rings. The summed E-state index contributed by atoms with van der Waals surface area (Å²) < 4.78 is 4.95. The number of nitrogens with one attached hydrogen (secondary N) is 1. The standard InChI is InChI=1S/C15H19NO2/c1-3-18-15(17)9-11(2)13-6-4-5-12-7-8-16-10-14(12)13/h4-6,9,16H,3,7-8,10H2,1-2H3/b11-9-. The fourth-order valence-corrected chi connectivity index (χ4v) is 2.32. The van der Waals surface area contributed by atoms with Crippen molar-refractivity contribution in [2.45, 2.75) is 26.8 Å². The number of carbonyl (C=O) groups is 1. The number of esters is 1. The van der Waals surface area contributed by atoms with E-state index in [-0.39, 0.29) is 5.97 Å². The molecule has 0 bridgehead atoms. The van der Waals surface area contributed by atoms with E-state index in [4.69, 9.17) is 4.74 Å². The second-order valence-corrected chi connectivity index (χ2v) is 4.45. The lowest BCUT2D eigenvalue weighted by molar-refractivity contribution is -0.137. The Hall–Kier alpha value is -1.61. The van der Waals surface area contributed by atoms with Crippen LogP contribution in [-0.4, -0.2) is 19.1 Å². The number of rotatable bonds is 3. The van der Waals surface area contributed by atoms with Gasteiger partial charge >= 0.3 is 5.97 Å². The van der Waals surface area contributed by atoms with E-state index in [1.807, 2.05) is 13.8 Å². The number of allylic oxidation sites excluding steroid dienone is 1. The molecule has 0 spiro atoms.